The van der Waals surface area contributed by atoms with E-state index in [2.05, 4.69) is 25.4 Å². The molecule has 0 aliphatic heterocycles. The first-order valence-electron chi connectivity index (χ1n) is 5.85. The Hall–Kier alpha value is -0.720. The molecule has 1 saturated carbocycles. The quantitative estimate of drug-likeness (QED) is 0.657. The zero-order chi connectivity index (χ0) is 10.4. The first kappa shape index (κ1) is 11.4. The molecule has 1 unspecified atom stereocenters. The van der Waals surface area contributed by atoms with E-state index in [0.29, 0.717) is 12.0 Å². The Morgan fingerprint density at radius 2 is 2.07 bits per heavy atom. The molecule has 1 nitrogen and oxygen atoms in total. The van der Waals surface area contributed by atoms with Crippen LogP contribution in [-0.2, 0) is 0 Å². The second kappa shape index (κ2) is 5.90. The van der Waals surface area contributed by atoms with Crippen molar-refractivity contribution in [3.63, 3.8) is 0 Å². The molecule has 1 aliphatic carbocycles. The summed E-state index contributed by atoms with van der Waals surface area (Å²) >= 11 is 0. The van der Waals surface area contributed by atoms with Gasteiger partial charge >= 0.3 is 0 Å². The molecular formula is C13H23N. The zero-order valence-electron chi connectivity index (χ0n) is 9.39. The smallest absolute Gasteiger partial charge is 0.0258 e. The van der Waals surface area contributed by atoms with Crippen molar-refractivity contribution in [2.45, 2.75) is 51.5 Å². The normalized spacial score (nSPS) is 20.1. The van der Waals surface area contributed by atoms with E-state index in [4.69, 9.17) is 0 Å². The fourth-order valence-electron chi connectivity index (χ4n) is 2.17. The van der Waals surface area contributed by atoms with Crippen LogP contribution >= 0.6 is 0 Å². The van der Waals surface area contributed by atoms with Crippen LogP contribution in [-0.4, -0.2) is 6.04 Å². The van der Waals surface area contributed by atoms with Crippen LogP contribution in [0, 0.1) is 5.92 Å². The topological polar surface area (TPSA) is 12.0 Å². The van der Waals surface area contributed by atoms with Crippen LogP contribution in [0.25, 0.3) is 0 Å². The van der Waals surface area contributed by atoms with Gasteiger partial charge in [0.15, 0.2) is 0 Å². The van der Waals surface area contributed by atoms with Gasteiger partial charge < -0.3 is 5.32 Å². The molecule has 0 bridgehead atoms. The van der Waals surface area contributed by atoms with Gasteiger partial charge in [0.2, 0.25) is 0 Å². The van der Waals surface area contributed by atoms with E-state index in [1.54, 1.807) is 0 Å². The third-order valence-corrected chi connectivity index (χ3v) is 3.17. The molecule has 14 heavy (non-hydrogen) atoms. The number of nitrogens with one attached hydrogen (secondary N) is 1. The van der Waals surface area contributed by atoms with Crippen molar-refractivity contribution in [1.29, 1.82) is 0 Å². The van der Waals surface area contributed by atoms with E-state index in [9.17, 15) is 0 Å². The fourth-order valence-corrected chi connectivity index (χ4v) is 2.17. The summed E-state index contributed by atoms with van der Waals surface area (Å²) in [5.41, 5.74) is 1.16. The van der Waals surface area contributed by atoms with E-state index in [1.807, 2.05) is 6.08 Å². The van der Waals surface area contributed by atoms with Crippen LogP contribution in [0.1, 0.15) is 45.4 Å². The summed E-state index contributed by atoms with van der Waals surface area (Å²) in [4.78, 5) is 0. The monoisotopic (exact) mass is 193 g/mol. The molecule has 0 aromatic heterocycles. The highest BCUT2D eigenvalue weighted by Gasteiger charge is 2.15. The lowest BCUT2D eigenvalue weighted by Crippen LogP contribution is -2.32. The van der Waals surface area contributed by atoms with Crippen molar-refractivity contribution in [1.82, 2.24) is 5.32 Å². The summed E-state index contributed by atoms with van der Waals surface area (Å²) in [6.45, 7) is 10.1. The number of hydrogen-bond donors (Lipinski definition) is 1. The molecule has 0 aromatic rings. The van der Waals surface area contributed by atoms with E-state index < -0.39 is 0 Å². The number of allylic oxidation sites excluding steroid dienone is 1. The van der Waals surface area contributed by atoms with Crippen LogP contribution in [0.2, 0.25) is 0 Å². The van der Waals surface area contributed by atoms with Gasteiger partial charge in [-0.3, -0.25) is 0 Å². The van der Waals surface area contributed by atoms with Crippen LogP contribution in [0.3, 0.4) is 0 Å². The lowest BCUT2D eigenvalue weighted by Gasteiger charge is -2.27. The second-order valence-corrected chi connectivity index (χ2v) is 4.25. The standard InChI is InChI=1S/C13H23N/c1-4-12(5-2)11(3)14-13-9-7-6-8-10-13/h4,12-14H,1,3,5-10H2,2H3. The minimum absolute atomic E-state index is 0.442. The Balaban J connectivity index is 2.34. The minimum Gasteiger partial charge on any atom is -0.386 e. The van der Waals surface area contributed by atoms with Crippen molar-refractivity contribution in [3.05, 3.63) is 24.9 Å². The summed E-state index contributed by atoms with van der Waals surface area (Å²) in [5.74, 6) is 0.442. The summed E-state index contributed by atoms with van der Waals surface area (Å²) in [6.07, 6.45) is 9.87. The van der Waals surface area contributed by atoms with Crippen molar-refractivity contribution in [2.75, 3.05) is 0 Å². The van der Waals surface area contributed by atoms with Crippen LogP contribution in [0.5, 0.6) is 0 Å². The molecule has 1 fully saturated rings. The molecule has 1 N–H and O–H groups in total. The third kappa shape index (κ3) is 3.21. The van der Waals surface area contributed by atoms with Crippen molar-refractivity contribution in [3.8, 4) is 0 Å². The summed E-state index contributed by atoms with van der Waals surface area (Å²) < 4.78 is 0. The number of hydrogen-bond acceptors (Lipinski definition) is 1. The maximum atomic E-state index is 4.11. The predicted octanol–water partition coefficient (Wildman–Crippen LogP) is 3.63. The van der Waals surface area contributed by atoms with Crippen LogP contribution < -0.4 is 5.32 Å². The van der Waals surface area contributed by atoms with Gasteiger partial charge in [0.25, 0.3) is 0 Å². The average Bonchev–Trinajstić information content (AvgIpc) is 2.21. The SMILES string of the molecule is C=CC(CC)C(=C)NC1CCCCC1. The van der Waals surface area contributed by atoms with E-state index in [1.165, 1.54) is 32.1 Å². The van der Waals surface area contributed by atoms with Gasteiger partial charge in [-0.15, -0.1) is 6.58 Å². The Kier molecular flexibility index (Phi) is 4.78. The molecule has 80 valence electrons. The number of rotatable bonds is 5. The van der Waals surface area contributed by atoms with Gasteiger partial charge in [-0.2, -0.15) is 0 Å². The van der Waals surface area contributed by atoms with Gasteiger partial charge in [0.1, 0.15) is 0 Å². The summed E-state index contributed by atoms with van der Waals surface area (Å²) in [5, 5.41) is 3.56. The lowest BCUT2D eigenvalue weighted by molar-refractivity contribution is 0.386. The van der Waals surface area contributed by atoms with Crippen molar-refractivity contribution < 1.29 is 0 Å². The van der Waals surface area contributed by atoms with E-state index >= 15 is 0 Å². The van der Waals surface area contributed by atoms with Crippen LogP contribution in [0.15, 0.2) is 24.9 Å². The molecule has 0 radical (unpaired) electrons. The first-order chi connectivity index (χ1) is 6.77. The van der Waals surface area contributed by atoms with Crippen molar-refractivity contribution >= 4 is 0 Å². The molecule has 1 rings (SSSR count). The summed E-state index contributed by atoms with van der Waals surface area (Å²) in [6, 6.07) is 0.672. The molecule has 0 aromatic carbocycles. The lowest BCUT2D eigenvalue weighted by atomic mass is 9.94. The Morgan fingerprint density at radius 1 is 1.43 bits per heavy atom. The first-order valence-corrected chi connectivity index (χ1v) is 5.85. The Bertz CT molecular complexity index is 189. The molecule has 0 spiro atoms. The summed E-state index contributed by atoms with van der Waals surface area (Å²) in [7, 11) is 0. The van der Waals surface area contributed by atoms with Gasteiger partial charge in [0, 0.05) is 17.7 Å². The van der Waals surface area contributed by atoms with Gasteiger partial charge in [-0.1, -0.05) is 38.8 Å². The van der Waals surface area contributed by atoms with Gasteiger partial charge in [-0.25, -0.2) is 0 Å². The third-order valence-electron chi connectivity index (χ3n) is 3.17. The molecule has 0 saturated heterocycles. The fraction of sp³-hybridized carbons (Fsp3) is 0.692. The molecule has 1 aliphatic rings. The maximum Gasteiger partial charge on any atom is 0.0258 e. The zero-order valence-corrected chi connectivity index (χ0v) is 9.39. The van der Waals surface area contributed by atoms with Gasteiger partial charge in [-0.05, 0) is 19.3 Å². The predicted molar refractivity (Wildman–Crippen MR) is 63.1 cm³/mol. The Morgan fingerprint density at radius 3 is 2.57 bits per heavy atom. The molecule has 0 amide bonds. The van der Waals surface area contributed by atoms with E-state index in [0.717, 1.165) is 12.1 Å². The second-order valence-electron chi connectivity index (χ2n) is 4.25. The highest BCUT2D eigenvalue weighted by atomic mass is 14.9. The van der Waals surface area contributed by atoms with Crippen LogP contribution in [0.4, 0.5) is 0 Å². The maximum absolute atomic E-state index is 4.11. The Labute approximate surface area is 88.3 Å². The molecule has 1 heteroatoms. The largest absolute Gasteiger partial charge is 0.386 e. The molecule has 0 heterocycles. The highest BCUT2D eigenvalue weighted by Crippen LogP contribution is 2.20. The average molecular weight is 193 g/mol. The van der Waals surface area contributed by atoms with Crippen molar-refractivity contribution in [2.24, 2.45) is 5.92 Å². The van der Waals surface area contributed by atoms with E-state index in [-0.39, 0.29) is 0 Å². The highest BCUT2D eigenvalue weighted by molar-refractivity contribution is 5.06. The molecule has 1 atom stereocenters. The minimum atomic E-state index is 0.442. The molecular weight excluding hydrogens is 170 g/mol. The van der Waals surface area contributed by atoms with Gasteiger partial charge in [0.05, 0.1) is 0 Å².